The molecule has 2 heterocycles. The van der Waals surface area contributed by atoms with Crippen molar-refractivity contribution in [3.8, 4) is 0 Å². The van der Waals surface area contributed by atoms with Crippen LogP contribution in [0, 0.1) is 19.7 Å². The SMILES string of the molecule is Cc1nn(Cc2ccc(C(=O)Nc3ccn(Cc4ccc(F)cc4Cl)n3)cc2)c(C)c1Cl. The zero-order valence-corrected chi connectivity index (χ0v) is 19.0. The van der Waals surface area contributed by atoms with Crippen molar-refractivity contribution >= 4 is 34.9 Å². The van der Waals surface area contributed by atoms with E-state index in [9.17, 15) is 9.18 Å². The normalized spacial score (nSPS) is 11.0. The lowest BCUT2D eigenvalue weighted by Gasteiger charge is -2.07. The molecule has 1 amide bonds. The molecule has 0 saturated carbocycles. The van der Waals surface area contributed by atoms with Crippen molar-refractivity contribution in [2.75, 3.05) is 5.32 Å². The number of aryl methyl sites for hydroxylation is 1. The molecular weight excluding hydrogens is 452 g/mol. The second-order valence-electron chi connectivity index (χ2n) is 7.43. The van der Waals surface area contributed by atoms with E-state index in [2.05, 4.69) is 15.5 Å². The van der Waals surface area contributed by atoms with Gasteiger partial charge in [-0.15, -0.1) is 0 Å². The van der Waals surface area contributed by atoms with Crippen LogP contribution < -0.4 is 5.32 Å². The first-order valence-electron chi connectivity index (χ1n) is 9.87. The van der Waals surface area contributed by atoms with Crippen molar-refractivity contribution in [3.63, 3.8) is 0 Å². The van der Waals surface area contributed by atoms with E-state index in [-0.39, 0.29) is 5.91 Å². The van der Waals surface area contributed by atoms with E-state index in [1.165, 1.54) is 12.1 Å². The van der Waals surface area contributed by atoms with Gasteiger partial charge in [0.25, 0.3) is 5.91 Å². The molecule has 6 nitrogen and oxygen atoms in total. The number of carbonyl (C=O) groups is 1. The summed E-state index contributed by atoms with van der Waals surface area (Å²) in [5, 5.41) is 12.5. The van der Waals surface area contributed by atoms with E-state index in [0.29, 0.717) is 34.5 Å². The molecule has 9 heteroatoms. The van der Waals surface area contributed by atoms with Gasteiger partial charge < -0.3 is 5.32 Å². The zero-order valence-electron chi connectivity index (χ0n) is 17.4. The van der Waals surface area contributed by atoms with Gasteiger partial charge in [0.05, 0.1) is 29.5 Å². The molecule has 4 aromatic rings. The van der Waals surface area contributed by atoms with Gasteiger partial charge in [0.15, 0.2) is 5.82 Å². The molecule has 0 radical (unpaired) electrons. The maximum atomic E-state index is 13.2. The number of carbonyl (C=O) groups excluding carboxylic acids is 1. The number of nitrogens with one attached hydrogen (secondary N) is 1. The average molecular weight is 472 g/mol. The topological polar surface area (TPSA) is 64.7 Å². The van der Waals surface area contributed by atoms with Crippen molar-refractivity contribution in [1.29, 1.82) is 0 Å². The first-order valence-corrected chi connectivity index (χ1v) is 10.6. The summed E-state index contributed by atoms with van der Waals surface area (Å²) in [6.07, 6.45) is 1.72. The van der Waals surface area contributed by atoms with E-state index in [1.807, 2.05) is 30.7 Å². The number of halogens is 3. The molecule has 2 aromatic heterocycles. The number of benzene rings is 2. The summed E-state index contributed by atoms with van der Waals surface area (Å²) in [6, 6.07) is 13.2. The van der Waals surface area contributed by atoms with Crippen LogP contribution in [0.4, 0.5) is 10.2 Å². The fourth-order valence-electron chi connectivity index (χ4n) is 3.29. The molecule has 0 saturated heterocycles. The van der Waals surface area contributed by atoms with Gasteiger partial charge in [-0.25, -0.2) is 4.39 Å². The minimum Gasteiger partial charge on any atom is -0.305 e. The highest BCUT2D eigenvalue weighted by molar-refractivity contribution is 6.32. The van der Waals surface area contributed by atoms with E-state index in [0.717, 1.165) is 22.5 Å². The molecule has 0 bridgehead atoms. The second kappa shape index (κ2) is 9.14. The summed E-state index contributed by atoms with van der Waals surface area (Å²) < 4.78 is 16.7. The standard InChI is InChI=1S/C23H20Cl2FN5O/c1-14-22(25)15(2)31(28-14)12-16-3-5-17(6-4-16)23(32)27-21-9-10-30(29-21)13-18-7-8-19(26)11-20(18)24/h3-11H,12-13H2,1-2H3,(H,27,29,32). The van der Waals surface area contributed by atoms with Crippen molar-refractivity contribution in [3.05, 3.63) is 98.7 Å². The average Bonchev–Trinajstić information content (AvgIpc) is 3.30. The Kier molecular flexibility index (Phi) is 6.30. The zero-order chi connectivity index (χ0) is 22.8. The molecule has 4 rings (SSSR count). The Labute approximate surface area is 194 Å². The molecule has 0 atom stereocenters. The van der Waals surface area contributed by atoms with E-state index < -0.39 is 5.82 Å². The Morgan fingerprint density at radius 1 is 1.03 bits per heavy atom. The maximum Gasteiger partial charge on any atom is 0.256 e. The Morgan fingerprint density at radius 2 is 1.78 bits per heavy atom. The minimum atomic E-state index is -0.392. The van der Waals surface area contributed by atoms with Gasteiger partial charge in [0.2, 0.25) is 0 Å². The van der Waals surface area contributed by atoms with Crippen LogP contribution in [0.25, 0.3) is 0 Å². The summed E-state index contributed by atoms with van der Waals surface area (Å²) in [4.78, 5) is 12.6. The van der Waals surface area contributed by atoms with Crippen LogP contribution in [-0.4, -0.2) is 25.5 Å². The number of hydrogen-bond acceptors (Lipinski definition) is 3. The molecule has 0 fully saturated rings. The smallest absolute Gasteiger partial charge is 0.256 e. The van der Waals surface area contributed by atoms with Crippen LogP contribution in [0.5, 0.6) is 0 Å². The van der Waals surface area contributed by atoms with Gasteiger partial charge in [-0.2, -0.15) is 10.2 Å². The Morgan fingerprint density at radius 3 is 2.44 bits per heavy atom. The monoisotopic (exact) mass is 471 g/mol. The van der Waals surface area contributed by atoms with Gasteiger partial charge in [-0.1, -0.05) is 41.4 Å². The fraction of sp³-hybridized carbons (Fsp3) is 0.174. The Balaban J connectivity index is 1.39. The molecule has 0 spiro atoms. The third-order valence-corrected chi connectivity index (χ3v) is 5.97. The molecular formula is C23H20Cl2FN5O. The van der Waals surface area contributed by atoms with Gasteiger partial charge >= 0.3 is 0 Å². The van der Waals surface area contributed by atoms with Crippen molar-refractivity contribution in [2.45, 2.75) is 26.9 Å². The molecule has 164 valence electrons. The third kappa shape index (κ3) is 4.84. The highest BCUT2D eigenvalue weighted by atomic mass is 35.5. The second-order valence-corrected chi connectivity index (χ2v) is 8.21. The largest absolute Gasteiger partial charge is 0.305 e. The van der Waals surface area contributed by atoms with Gasteiger partial charge in [-0.3, -0.25) is 14.2 Å². The molecule has 32 heavy (non-hydrogen) atoms. The quantitative estimate of drug-likeness (QED) is 0.404. The molecule has 0 aliphatic heterocycles. The predicted octanol–water partition coefficient (Wildman–Crippen LogP) is 5.49. The van der Waals surface area contributed by atoms with Crippen molar-refractivity contribution < 1.29 is 9.18 Å². The third-order valence-electron chi connectivity index (χ3n) is 5.07. The van der Waals surface area contributed by atoms with Gasteiger partial charge in [0, 0.05) is 22.8 Å². The lowest BCUT2D eigenvalue weighted by atomic mass is 10.1. The fourth-order valence-corrected chi connectivity index (χ4v) is 3.66. The highest BCUT2D eigenvalue weighted by Gasteiger charge is 2.12. The predicted molar refractivity (Wildman–Crippen MR) is 123 cm³/mol. The Hall–Kier alpha value is -3.16. The van der Waals surface area contributed by atoms with Gasteiger partial charge in [0.1, 0.15) is 5.82 Å². The molecule has 0 aliphatic rings. The maximum absolute atomic E-state index is 13.2. The van der Waals surface area contributed by atoms with E-state index in [4.69, 9.17) is 23.2 Å². The molecule has 2 aromatic carbocycles. The van der Waals surface area contributed by atoms with Crippen LogP contribution in [0.3, 0.4) is 0 Å². The first-order chi connectivity index (χ1) is 15.3. The number of nitrogens with zero attached hydrogens (tertiary/aromatic N) is 4. The number of aromatic nitrogens is 4. The molecule has 0 aliphatic carbocycles. The van der Waals surface area contributed by atoms with E-state index >= 15 is 0 Å². The highest BCUT2D eigenvalue weighted by Crippen LogP contribution is 2.21. The number of hydrogen-bond donors (Lipinski definition) is 1. The minimum absolute atomic E-state index is 0.268. The summed E-state index contributed by atoms with van der Waals surface area (Å²) >= 11 is 12.3. The van der Waals surface area contributed by atoms with Crippen LogP contribution in [0.1, 0.15) is 32.9 Å². The van der Waals surface area contributed by atoms with Crippen LogP contribution in [0.2, 0.25) is 10.0 Å². The van der Waals surface area contributed by atoms with Crippen LogP contribution >= 0.6 is 23.2 Å². The summed E-state index contributed by atoms with van der Waals surface area (Å²) in [6.45, 7) is 4.72. The number of amides is 1. The summed E-state index contributed by atoms with van der Waals surface area (Å²) in [5.41, 5.74) is 3.94. The van der Waals surface area contributed by atoms with Crippen LogP contribution in [0.15, 0.2) is 54.7 Å². The number of anilines is 1. The van der Waals surface area contributed by atoms with Crippen molar-refractivity contribution in [1.82, 2.24) is 19.6 Å². The molecule has 1 N–H and O–H groups in total. The van der Waals surface area contributed by atoms with E-state index in [1.54, 1.807) is 35.1 Å². The molecule has 0 unspecified atom stereocenters. The van der Waals surface area contributed by atoms with Crippen LogP contribution in [-0.2, 0) is 13.1 Å². The number of rotatable bonds is 6. The summed E-state index contributed by atoms with van der Waals surface area (Å²) in [5.74, 6) is -0.248. The Bertz CT molecular complexity index is 1280. The van der Waals surface area contributed by atoms with Crippen molar-refractivity contribution in [2.24, 2.45) is 0 Å². The lowest BCUT2D eigenvalue weighted by Crippen LogP contribution is -2.13. The lowest BCUT2D eigenvalue weighted by molar-refractivity contribution is 0.102. The summed E-state index contributed by atoms with van der Waals surface area (Å²) in [7, 11) is 0. The first kappa shape index (κ1) is 22.0. The van der Waals surface area contributed by atoms with Gasteiger partial charge in [-0.05, 0) is 49.2 Å².